The molecule has 2 amide bonds. The second-order valence-electron chi connectivity index (χ2n) is 4.39. The van der Waals surface area contributed by atoms with Gasteiger partial charge >= 0.3 is 12.0 Å². The minimum absolute atomic E-state index is 0.120. The van der Waals surface area contributed by atoms with Crippen LogP contribution in [-0.2, 0) is 9.53 Å². The average Bonchev–Trinajstić information content (AvgIpc) is 2.46. The first kappa shape index (κ1) is 16.7. The number of nitrogens with one attached hydrogen (secondary N) is 2. The normalized spacial score (nSPS) is 12.0. The van der Waals surface area contributed by atoms with E-state index >= 15 is 0 Å². The van der Waals surface area contributed by atoms with Crippen LogP contribution in [0.2, 0.25) is 0 Å². The summed E-state index contributed by atoms with van der Waals surface area (Å²) in [6, 6.07) is 6.27. The Kier molecular flexibility index (Phi) is 6.97. The number of hydrogen-bond acceptors (Lipinski definition) is 4. The first-order chi connectivity index (χ1) is 10.0. The summed E-state index contributed by atoms with van der Waals surface area (Å²) < 4.78 is 4.78. The van der Waals surface area contributed by atoms with Gasteiger partial charge in [-0.3, -0.25) is 0 Å². The Balaban J connectivity index is 2.54. The fraction of sp³-hybridized carbons (Fsp3) is 0.333. The molecule has 0 aliphatic carbocycles. The van der Waals surface area contributed by atoms with Gasteiger partial charge in [-0.25, -0.2) is 9.59 Å². The SMILES string of the molecule is CCOC(=O)/C=C/c1ccc(NC(=O)N[C@@H](C)CO)cc1. The zero-order chi connectivity index (χ0) is 15.7. The van der Waals surface area contributed by atoms with Crippen molar-refractivity contribution >= 4 is 23.8 Å². The maximum Gasteiger partial charge on any atom is 0.330 e. The minimum Gasteiger partial charge on any atom is -0.463 e. The Morgan fingerprint density at radius 1 is 1.33 bits per heavy atom. The molecule has 1 aromatic carbocycles. The van der Waals surface area contributed by atoms with Gasteiger partial charge in [-0.2, -0.15) is 0 Å². The summed E-state index contributed by atoms with van der Waals surface area (Å²) >= 11 is 0. The monoisotopic (exact) mass is 292 g/mol. The zero-order valence-electron chi connectivity index (χ0n) is 12.1. The summed E-state index contributed by atoms with van der Waals surface area (Å²) in [5.41, 5.74) is 1.43. The van der Waals surface area contributed by atoms with Gasteiger partial charge in [-0.1, -0.05) is 12.1 Å². The topological polar surface area (TPSA) is 87.7 Å². The van der Waals surface area contributed by atoms with Gasteiger partial charge in [0.1, 0.15) is 0 Å². The van der Waals surface area contributed by atoms with E-state index < -0.39 is 5.97 Å². The Morgan fingerprint density at radius 3 is 2.57 bits per heavy atom. The zero-order valence-corrected chi connectivity index (χ0v) is 12.1. The smallest absolute Gasteiger partial charge is 0.330 e. The van der Waals surface area contributed by atoms with Crippen LogP contribution in [0.1, 0.15) is 19.4 Å². The maximum absolute atomic E-state index is 11.5. The molecule has 0 radical (unpaired) electrons. The molecule has 1 rings (SSSR count). The Labute approximate surface area is 123 Å². The summed E-state index contributed by atoms with van der Waals surface area (Å²) in [7, 11) is 0. The number of aliphatic hydroxyl groups is 1. The molecular formula is C15H20N2O4. The highest BCUT2D eigenvalue weighted by molar-refractivity contribution is 5.90. The van der Waals surface area contributed by atoms with E-state index in [0.29, 0.717) is 12.3 Å². The maximum atomic E-state index is 11.5. The van der Waals surface area contributed by atoms with Crippen molar-refractivity contribution in [2.24, 2.45) is 0 Å². The van der Waals surface area contributed by atoms with Gasteiger partial charge < -0.3 is 20.5 Å². The number of ether oxygens (including phenoxy) is 1. The standard InChI is InChI=1S/C15H20N2O4/c1-3-21-14(19)9-6-12-4-7-13(8-5-12)17-15(20)16-11(2)10-18/h4-9,11,18H,3,10H2,1-2H3,(H2,16,17,20)/b9-6+/t11-/m0/s1. The number of carbonyl (C=O) groups excluding carboxylic acids is 2. The summed E-state index contributed by atoms with van der Waals surface area (Å²) in [5, 5.41) is 14.1. The van der Waals surface area contributed by atoms with Crippen molar-refractivity contribution in [3.05, 3.63) is 35.9 Å². The Bertz CT molecular complexity index is 497. The number of aliphatic hydroxyl groups excluding tert-OH is 1. The van der Waals surface area contributed by atoms with Crippen LogP contribution in [0.25, 0.3) is 6.08 Å². The molecule has 0 unspecified atom stereocenters. The summed E-state index contributed by atoms with van der Waals surface area (Å²) in [6.07, 6.45) is 2.98. The largest absolute Gasteiger partial charge is 0.463 e. The van der Waals surface area contributed by atoms with E-state index in [-0.39, 0.29) is 18.7 Å². The van der Waals surface area contributed by atoms with Crippen molar-refractivity contribution in [2.45, 2.75) is 19.9 Å². The van der Waals surface area contributed by atoms with Gasteiger partial charge in [0.15, 0.2) is 0 Å². The number of amides is 2. The average molecular weight is 292 g/mol. The molecule has 0 aliphatic heterocycles. The lowest BCUT2D eigenvalue weighted by molar-refractivity contribution is -0.137. The van der Waals surface area contributed by atoms with Gasteiger partial charge in [0.05, 0.1) is 19.3 Å². The predicted octanol–water partition coefficient (Wildman–Crippen LogP) is 1.77. The van der Waals surface area contributed by atoms with Crippen LogP contribution in [0.5, 0.6) is 0 Å². The van der Waals surface area contributed by atoms with Crippen LogP contribution < -0.4 is 10.6 Å². The molecule has 0 aromatic heterocycles. The third-order valence-electron chi connectivity index (χ3n) is 2.52. The van der Waals surface area contributed by atoms with Gasteiger partial charge in [-0.05, 0) is 37.6 Å². The molecule has 1 atom stereocenters. The van der Waals surface area contributed by atoms with E-state index in [4.69, 9.17) is 9.84 Å². The highest BCUT2D eigenvalue weighted by atomic mass is 16.5. The van der Waals surface area contributed by atoms with Crippen molar-refractivity contribution < 1.29 is 19.4 Å². The quantitative estimate of drug-likeness (QED) is 0.551. The molecule has 0 saturated heterocycles. The van der Waals surface area contributed by atoms with Gasteiger partial charge in [0, 0.05) is 11.8 Å². The molecule has 1 aromatic rings. The molecule has 21 heavy (non-hydrogen) atoms. The molecule has 6 nitrogen and oxygen atoms in total. The van der Waals surface area contributed by atoms with Crippen molar-refractivity contribution in [2.75, 3.05) is 18.5 Å². The van der Waals surface area contributed by atoms with Crippen LogP contribution in [-0.4, -0.2) is 36.4 Å². The van der Waals surface area contributed by atoms with E-state index in [1.165, 1.54) is 6.08 Å². The van der Waals surface area contributed by atoms with E-state index in [2.05, 4.69) is 10.6 Å². The number of rotatable bonds is 6. The number of carbonyl (C=O) groups is 2. The number of anilines is 1. The third-order valence-corrected chi connectivity index (χ3v) is 2.52. The van der Waals surface area contributed by atoms with Crippen LogP contribution in [0.3, 0.4) is 0 Å². The Morgan fingerprint density at radius 2 is 2.00 bits per heavy atom. The molecule has 0 fully saturated rings. The fourth-order valence-electron chi connectivity index (χ4n) is 1.47. The molecule has 0 bridgehead atoms. The molecule has 6 heteroatoms. The molecule has 0 heterocycles. The lowest BCUT2D eigenvalue weighted by Gasteiger charge is -2.11. The minimum atomic E-state index is -0.392. The summed E-state index contributed by atoms with van der Waals surface area (Å²) in [6.45, 7) is 3.66. The molecule has 0 aliphatic rings. The van der Waals surface area contributed by atoms with Crippen LogP contribution in [0.15, 0.2) is 30.3 Å². The molecule has 3 N–H and O–H groups in total. The second kappa shape index (κ2) is 8.76. The number of esters is 1. The van der Waals surface area contributed by atoms with Crippen LogP contribution >= 0.6 is 0 Å². The molecule has 114 valence electrons. The third kappa shape index (κ3) is 6.58. The first-order valence-corrected chi connectivity index (χ1v) is 6.68. The number of urea groups is 1. The highest BCUT2D eigenvalue weighted by Crippen LogP contribution is 2.10. The predicted molar refractivity (Wildman–Crippen MR) is 80.8 cm³/mol. The van der Waals surface area contributed by atoms with E-state index in [1.807, 2.05) is 0 Å². The molecular weight excluding hydrogens is 272 g/mol. The highest BCUT2D eigenvalue weighted by Gasteiger charge is 2.05. The summed E-state index contributed by atoms with van der Waals surface area (Å²) in [5.74, 6) is -0.392. The van der Waals surface area contributed by atoms with Gasteiger partial charge in [0.2, 0.25) is 0 Å². The fourth-order valence-corrected chi connectivity index (χ4v) is 1.47. The van der Waals surface area contributed by atoms with Crippen molar-refractivity contribution in [3.8, 4) is 0 Å². The van der Waals surface area contributed by atoms with Crippen LogP contribution in [0.4, 0.5) is 10.5 Å². The number of hydrogen-bond donors (Lipinski definition) is 3. The first-order valence-electron chi connectivity index (χ1n) is 6.68. The lowest BCUT2D eigenvalue weighted by Crippen LogP contribution is -2.38. The van der Waals surface area contributed by atoms with Crippen molar-refractivity contribution in [1.29, 1.82) is 0 Å². The molecule has 0 saturated carbocycles. The van der Waals surface area contributed by atoms with Crippen molar-refractivity contribution in [3.63, 3.8) is 0 Å². The van der Waals surface area contributed by atoms with Gasteiger partial charge in [-0.15, -0.1) is 0 Å². The van der Waals surface area contributed by atoms with Crippen LogP contribution in [0, 0.1) is 0 Å². The van der Waals surface area contributed by atoms with Crippen molar-refractivity contribution in [1.82, 2.24) is 5.32 Å². The van der Waals surface area contributed by atoms with Gasteiger partial charge in [0.25, 0.3) is 0 Å². The Hall–Kier alpha value is -2.34. The summed E-state index contributed by atoms with van der Waals surface area (Å²) in [4.78, 5) is 22.7. The van der Waals surface area contributed by atoms with E-state index in [9.17, 15) is 9.59 Å². The lowest BCUT2D eigenvalue weighted by atomic mass is 10.2. The second-order valence-corrected chi connectivity index (χ2v) is 4.39. The van der Waals surface area contributed by atoms with E-state index in [0.717, 1.165) is 5.56 Å². The van der Waals surface area contributed by atoms with E-state index in [1.54, 1.807) is 44.2 Å². The number of benzene rings is 1. The molecule has 0 spiro atoms.